The van der Waals surface area contributed by atoms with Crippen LogP contribution >= 0.6 is 7.75 Å². The van der Waals surface area contributed by atoms with Crippen molar-refractivity contribution in [2.75, 3.05) is 18.9 Å². The standard InChI is InChI=1S/C22H30N7O9P/c1-3-4-12-35-20(32)14(2)26-39(34,38-15-8-6-5-7-9-15)36-13-22(27-28-24)18(31)17(30)19(37-22)29-11-10-16(23)25-21(29)33/h5-11,14,17-19,30-31H,3-4,12-13H2,1-2H3,(H,26,34)(H2,23,25,33)/t14-,17+,18-,19+,22?,39?/m0/s1. The van der Waals surface area contributed by atoms with Crippen LogP contribution in [0, 0.1) is 0 Å². The van der Waals surface area contributed by atoms with Gasteiger partial charge in [-0.25, -0.2) is 9.36 Å². The number of nitrogens with two attached hydrogens (primary N) is 1. The minimum absolute atomic E-state index is 0.0960. The van der Waals surface area contributed by atoms with Crippen molar-refractivity contribution < 1.29 is 38.1 Å². The summed E-state index contributed by atoms with van der Waals surface area (Å²) >= 11 is 0. The van der Waals surface area contributed by atoms with Crippen LogP contribution in [-0.2, 0) is 23.4 Å². The van der Waals surface area contributed by atoms with Crippen LogP contribution in [0.1, 0.15) is 32.9 Å². The molecule has 0 amide bonds. The second-order valence-corrected chi connectivity index (χ2v) is 10.3. The van der Waals surface area contributed by atoms with Crippen LogP contribution in [0.3, 0.4) is 0 Å². The van der Waals surface area contributed by atoms with Gasteiger partial charge in [-0.2, -0.15) is 10.1 Å². The quantitative estimate of drug-likeness (QED) is 0.0675. The number of aliphatic hydroxyl groups excluding tert-OH is 2. The lowest BCUT2D eigenvalue weighted by Gasteiger charge is -2.29. The fourth-order valence-corrected chi connectivity index (χ4v) is 5.05. The van der Waals surface area contributed by atoms with Crippen molar-refractivity contribution in [3.05, 3.63) is 63.5 Å². The molecule has 1 saturated heterocycles. The van der Waals surface area contributed by atoms with E-state index in [2.05, 4.69) is 20.1 Å². The van der Waals surface area contributed by atoms with Crippen LogP contribution in [0.15, 0.2) is 52.5 Å². The predicted octanol–water partition coefficient (Wildman–Crippen LogP) is 1.61. The maximum Gasteiger partial charge on any atom is 0.459 e. The summed E-state index contributed by atoms with van der Waals surface area (Å²) in [5, 5.41) is 27.3. The minimum Gasteiger partial charge on any atom is -0.465 e. The summed E-state index contributed by atoms with van der Waals surface area (Å²) in [6, 6.07) is 7.94. The van der Waals surface area contributed by atoms with Crippen molar-refractivity contribution in [3.63, 3.8) is 0 Å². The third-order valence-corrected chi connectivity index (χ3v) is 7.22. The largest absolute Gasteiger partial charge is 0.465 e. The highest BCUT2D eigenvalue weighted by Gasteiger charge is 2.56. The third kappa shape index (κ3) is 7.34. The number of hydrogen-bond donors (Lipinski definition) is 4. The van der Waals surface area contributed by atoms with Gasteiger partial charge in [0.05, 0.1) is 13.2 Å². The van der Waals surface area contributed by atoms with Crippen LogP contribution in [0.4, 0.5) is 5.82 Å². The number of aliphatic hydroxyl groups is 2. The molecule has 1 aromatic heterocycles. The number of nitrogens with zero attached hydrogens (tertiary/aromatic N) is 5. The minimum atomic E-state index is -4.47. The maximum atomic E-state index is 13.8. The lowest BCUT2D eigenvalue weighted by Crippen LogP contribution is -2.45. The Bertz CT molecular complexity index is 1290. The molecule has 6 atom stereocenters. The molecule has 0 saturated carbocycles. The van der Waals surface area contributed by atoms with Gasteiger partial charge in [0.25, 0.3) is 0 Å². The first-order valence-electron chi connectivity index (χ1n) is 11.9. The normalized spacial score (nSPS) is 24.8. The molecule has 1 aliphatic rings. The molecule has 1 aromatic carbocycles. The summed E-state index contributed by atoms with van der Waals surface area (Å²) in [4.78, 5) is 30.9. The number of benzene rings is 1. The summed E-state index contributed by atoms with van der Waals surface area (Å²) in [5.74, 6) is -0.721. The van der Waals surface area contributed by atoms with Crippen LogP contribution in [-0.4, -0.2) is 62.9 Å². The molecule has 3 rings (SSSR count). The average molecular weight is 567 g/mol. The second-order valence-electron chi connectivity index (χ2n) is 8.57. The third-order valence-electron chi connectivity index (χ3n) is 5.60. The molecule has 212 valence electrons. The van der Waals surface area contributed by atoms with Crippen LogP contribution in [0.25, 0.3) is 10.4 Å². The van der Waals surface area contributed by atoms with Gasteiger partial charge in [0.15, 0.2) is 6.23 Å². The van der Waals surface area contributed by atoms with Crippen LogP contribution < -0.4 is 21.0 Å². The maximum absolute atomic E-state index is 13.8. The van der Waals surface area contributed by atoms with Crippen molar-refractivity contribution in [2.24, 2.45) is 5.11 Å². The zero-order chi connectivity index (χ0) is 28.6. The summed E-state index contributed by atoms with van der Waals surface area (Å²) in [6.45, 7) is 2.53. The number of anilines is 1. The molecule has 1 aliphatic heterocycles. The predicted molar refractivity (Wildman–Crippen MR) is 136 cm³/mol. The second kappa shape index (κ2) is 13.0. The summed E-state index contributed by atoms with van der Waals surface area (Å²) in [7, 11) is -4.47. The zero-order valence-corrected chi connectivity index (χ0v) is 22.1. The Morgan fingerprint density at radius 3 is 2.74 bits per heavy atom. The van der Waals surface area contributed by atoms with Gasteiger partial charge < -0.3 is 29.9 Å². The fourth-order valence-electron chi connectivity index (χ4n) is 3.54. The number of carbonyl (C=O) groups excluding carboxylic acids is 1. The van der Waals surface area contributed by atoms with Crippen molar-refractivity contribution in [1.29, 1.82) is 0 Å². The topological polar surface area (TPSA) is 233 Å². The van der Waals surface area contributed by atoms with Gasteiger partial charge in [-0.3, -0.25) is 13.9 Å². The Kier molecular flexibility index (Phi) is 10.1. The van der Waals surface area contributed by atoms with E-state index in [4.69, 9.17) is 24.3 Å². The van der Waals surface area contributed by atoms with E-state index in [1.165, 1.54) is 25.1 Å². The number of azide groups is 1. The first kappa shape index (κ1) is 30.1. The smallest absolute Gasteiger partial charge is 0.459 e. The summed E-state index contributed by atoms with van der Waals surface area (Å²) < 4.78 is 36.4. The number of esters is 1. The first-order chi connectivity index (χ1) is 18.5. The molecule has 0 spiro atoms. The van der Waals surface area contributed by atoms with Crippen molar-refractivity contribution in [2.45, 2.75) is 56.9 Å². The number of unbranched alkanes of at least 4 members (excludes halogenated alkanes) is 1. The highest BCUT2D eigenvalue weighted by atomic mass is 31.2. The lowest BCUT2D eigenvalue weighted by molar-refractivity contribution is -0.145. The van der Waals surface area contributed by atoms with Crippen molar-refractivity contribution >= 4 is 19.5 Å². The summed E-state index contributed by atoms with van der Waals surface area (Å²) in [5.41, 5.74) is 11.4. The molecule has 17 heteroatoms. The Morgan fingerprint density at radius 1 is 1.38 bits per heavy atom. The molecule has 2 heterocycles. The van der Waals surface area contributed by atoms with E-state index < -0.39 is 56.2 Å². The van der Waals surface area contributed by atoms with Crippen molar-refractivity contribution in [3.8, 4) is 5.75 Å². The Balaban J connectivity index is 1.87. The number of nitrogens with one attached hydrogen (secondary N) is 1. The van der Waals surface area contributed by atoms with E-state index in [0.717, 1.165) is 17.2 Å². The Morgan fingerprint density at radius 2 is 2.10 bits per heavy atom. The summed E-state index contributed by atoms with van der Waals surface area (Å²) in [6.07, 6.45) is -2.75. The van der Waals surface area contributed by atoms with Gasteiger partial charge in [0, 0.05) is 11.1 Å². The Labute approximate surface area is 222 Å². The number of hydrogen-bond acceptors (Lipinski definition) is 12. The van der Waals surface area contributed by atoms with E-state index in [1.807, 2.05) is 6.92 Å². The van der Waals surface area contributed by atoms with Crippen LogP contribution in [0.2, 0.25) is 0 Å². The molecule has 16 nitrogen and oxygen atoms in total. The number of aromatic nitrogens is 2. The van der Waals surface area contributed by atoms with Crippen LogP contribution in [0.5, 0.6) is 5.75 Å². The Hall–Kier alpha value is -3.49. The molecular formula is C22H30N7O9P. The van der Waals surface area contributed by atoms with Gasteiger partial charge in [-0.15, -0.1) is 0 Å². The van der Waals surface area contributed by atoms with Gasteiger partial charge in [-0.1, -0.05) is 36.7 Å². The van der Waals surface area contributed by atoms with E-state index in [-0.39, 0.29) is 18.2 Å². The number of nitrogen functional groups attached to an aromatic ring is 1. The molecule has 2 unspecified atom stereocenters. The molecule has 0 radical (unpaired) electrons. The molecule has 0 bridgehead atoms. The van der Waals surface area contributed by atoms with Crippen molar-refractivity contribution in [1.82, 2.24) is 14.6 Å². The van der Waals surface area contributed by atoms with Gasteiger partial charge >= 0.3 is 19.4 Å². The number of para-hydroxylation sites is 1. The van der Waals surface area contributed by atoms with Gasteiger partial charge in [0.2, 0.25) is 5.72 Å². The van der Waals surface area contributed by atoms with Gasteiger partial charge in [0.1, 0.15) is 29.8 Å². The number of rotatable bonds is 13. The molecule has 39 heavy (non-hydrogen) atoms. The van der Waals surface area contributed by atoms with E-state index in [0.29, 0.717) is 6.42 Å². The highest BCUT2D eigenvalue weighted by Crippen LogP contribution is 2.48. The average Bonchev–Trinajstić information content (AvgIpc) is 3.14. The van der Waals surface area contributed by atoms with Gasteiger partial charge in [-0.05, 0) is 37.1 Å². The molecule has 2 aromatic rings. The van der Waals surface area contributed by atoms with E-state index in [1.54, 1.807) is 18.2 Å². The molecule has 5 N–H and O–H groups in total. The molecule has 0 aliphatic carbocycles. The van der Waals surface area contributed by atoms with E-state index in [9.17, 15) is 29.9 Å². The number of carbonyl (C=O) groups is 1. The lowest BCUT2D eigenvalue weighted by atomic mass is 10.1. The molecular weight excluding hydrogens is 537 g/mol. The number of ether oxygens (including phenoxy) is 2. The monoisotopic (exact) mass is 567 g/mol. The zero-order valence-electron chi connectivity index (χ0n) is 21.2. The fraction of sp³-hybridized carbons (Fsp3) is 0.500. The first-order valence-corrected chi connectivity index (χ1v) is 13.5. The molecule has 1 fully saturated rings. The SMILES string of the molecule is CCCCOC(=O)[C@H](C)NP(=O)(OCC1(N=[N+]=[N-])O[C@@H](n2ccc(N)nc2=O)[C@H](O)[C@@H]1O)Oc1ccccc1. The highest BCUT2D eigenvalue weighted by molar-refractivity contribution is 7.52. The van der Waals surface area contributed by atoms with E-state index >= 15 is 0 Å².